The number of pyridine rings is 1. The molecule has 29 heavy (non-hydrogen) atoms. The zero-order valence-electron chi connectivity index (χ0n) is 15.8. The third-order valence-electron chi connectivity index (χ3n) is 4.90. The second-order valence-corrected chi connectivity index (χ2v) is 7.28. The first-order valence-electron chi connectivity index (χ1n) is 9.31. The Morgan fingerprint density at radius 1 is 0.931 bits per heavy atom. The van der Waals surface area contributed by atoms with E-state index in [4.69, 9.17) is 11.6 Å². The Morgan fingerprint density at radius 2 is 1.62 bits per heavy atom. The van der Waals surface area contributed by atoms with Crippen molar-refractivity contribution in [3.05, 3.63) is 101 Å². The maximum Gasteiger partial charge on any atom is 0.294 e. The molecular weight excluding hydrogens is 384 g/mol. The standard InChI is InChI=1S/C24H19ClN2O2/c1-16(17-7-3-2-4-8-17)26-24(29)23(28)22-21(18-10-12-19(25)13-11-18)15-20-9-5-6-14-27(20)22/h2-16H,1H3,(H,26,29)/t16-/m1/s1. The van der Waals surface area contributed by atoms with E-state index < -0.39 is 11.7 Å². The van der Waals surface area contributed by atoms with Gasteiger partial charge >= 0.3 is 0 Å². The van der Waals surface area contributed by atoms with Gasteiger partial charge in [0.25, 0.3) is 11.7 Å². The fraction of sp³-hybridized carbons (Fsp3) is 0.0833. The lowest BCUT2D eigenvalue weighted by molar-refractivity contribution is -0.117. The number of aromatic nitrogens is 1. The molecule has 2 aromatic heterocycles. The molecule has 5 heteroatoms. The van der Waals surface area contributed by atoms with Crippen molar-refractivity contribution >= 4 is 28.8 Å². The Labute approximate surface area is 173 Å². The molecule has 0 saturated carbocycles. The van der Waals surface area contributed by atoms with Gasteiger partial charge in [0.1, 0.15) is 5.69 Å². The van der Waals surface area contributed by atoms with Crippen LogP contribution in [0.15, 0.2) is 85.1 Å². The zero-order chi connectivity index (χ0) is 20.4. The molecule has 1 N–H and O–H groups in total. The monoisotopic (exact) mass is 402 g/mol. The lowest BCUT2D eigenvalue weighted by Gasteiger charge is -2.14. The third-order valence-corrected chi connectivity index (χ3v) is 5.16. The Bertz CT molecular complexity index is 1180. The average Bonchev–Trinajstić information content (AvgIpc) is 3.13. The molecule has 0 radical (unpaired) electrons. The molecule has 0 bridgehead atoms. The van der Waals surface area contributed by atoms with Gasteiger partial charge in [0.05, 0.1) is 6.04 Å². The van der Waals surface area contributed by atoms with Crippen LogP contribution in [-0.4, -0.2) is 16.1 Å². The largest absolute Gasteiger partial charge is 0.343 e. The number of amides is 1. The van der Waals surface area contributed by atoms with Crippen LogP contribution < -0.4 is 5.32 Å². The molecule has 144 valence electrons. The molecule has 4 nitrogen and oxygen atoms in total. The molecule has 0 unspecified atom stereocenters. The van der Waals surface area contributed by atoms with E-state index in [1.165, 1.54) is 0 Å². The van der Waals surface area contributed by atoms with Gasteiger partial charge in [-0.1, -0.05) is 60.1 Å². The number of benzene rings is 2. The first-order chi connectivity index (χ1) is 14.0. The molecule has 2 aromatic carbocycles. The van der Waals surface area contributed by atoms with Crippen LogP contribution in [0.25, 0.3) is 16.6 Å². The number of ketones is 1. The van der Waals surface area contributed by atoms with E-state index in [-0.39, 0.29) is 6.04 Å². The lowest BCUT2D eigenvalue weighted by Crippen LogP contribution is -2.34. The Morgan fingerprint density at radius 3 is 2.34 bits per heavy atom. The van der Waals surface area contributed by atoms with Gasteiger partial charge in [-0.05, 0) is 48.4 Å². The van der Waals surface area contributed by atoms with Gasteiger partial charge in [0.15, 0.2) is 0 Å². The van der Waals surface area contributed by atoms with Gasteiger partial charge < -0.3 is 9.72 Å². The Balaban J connectivity index is 1.72. The molecule has 4 aromatic rings. The van der Waals surface area contributed by atoms with Crippen molar-refractivity contribution in [1.82, 2.24) is 9.72 Å². The number of carbonyl (C=O) groups excluding carboxylic acids is 2. The van der Waals surface area contributed by atoms with Crippen LogP contribution in [0.4, 0.5) is 0 Å². The van der Waals surface area contributed by atoms with Crippen LogP contribution in [0.5, 0.6) is 0 Å². The van der Waals surface area contributed by atoms with Crippen molar-refractivity contribution < 1.29 is 9.59 Å². The van der Waals surface area contributed by atoms with E-state index in [0.717, 1.165) is 16.6 Å². The summed E-state index contributed by atoms with van der Waals surface area (Å²) < 4.78 is 1.75. The molecule has 0 saturated heterocycles. The Hall–Kier alpha value is -3.37. The van der Waals surface area contributed by atoms with Gasteiger partial charge in [-0.2, -0.15) is 0 Å². The van der Waals surface area contributed by atoms with Crippen LogP contribution >= 0.6 is 11.6 Å². The van der Waals surface area contributed by atoms with Crippen molar-refractivity contribution in [2.75, 3.05) is 0 Å². The van der Waals surface area contributed by atoms with E-state index in [9.17, 15) is 9.59 Å². The molecule has 0 spiro atoms. The molecule has 0 aliphatic rings. The number of nitrogens with one attached hydrogen (secondary N) is 1. The second-order valence-electron chi connectivity index (χ2n) is 6.84. The number of fused-ring (bicyclic) bond motifs is 1. The van der Waals surface area contributed by atoms with E-state index in [0.29, 0.717) is 16.3 Å². The smallest absolute Gasteiger partial charge is 0.294 e. The summed E-state index contributed by atoms with van der Waals surface area (Å²) in [5, 5.41) is 3.42. The van der Waals surface area contributed by atoms with E-state index in [1.54, 1.807) is 22.7 Å². The normalized spacial score (nSPS) is 11.9. The van der Waals surface area contributed by atoms with Crippen molar-refractivity contribution in [2.24, 2.45) is 0 Å². The first kappa shape index (κ1) is 19.0. The highest BCUT2D eigenvalue weighted by Gasteiger charge is 2.25. The number of nitrogens with zero attached hydrogens (tertiary/aromatic N) is 1. The van der Waals surface area contributed by atoms with Crippen molar-refractivity contribution in [2.45, 2.75) is 13.0 Å². The van der Waals surface area contributed by atoms with E-state index in [1.807, 2.05) is 73.7 Å². The van der Waals surface area contributed by atoms with Crippen LogP contribution in [0.2, 0.25) is 5.02 Å². The summed E-state index contributed by atoms with van der Waals surface area (Å²) in [5.41, 5.74) is 3.63. The molecule has 0 aliphatic carbocycles. The Kier molecular flexibility index (Phi) is 5.19. The highest BCUT2D eigenvalue weighted by molar-refractivity contribution is 6.43. The molecule has 1 atom stereocenters. The number of hydrogen-bond donors (Lipinski definition) is 1. The number of hydrogen-bond acceptors (Lipinski definition) is 2. The summed E-state index contributed by atoms with van der Waals surface area (Å²) in [7, 11) is 0. The van der Waals surface area contributed by atoms with Crippen LogP contribution in [-0.2, 0) is 4.79 Å². The first-order valence-corrected chi connectivity index (χ1v) is 9.68. The highest BCUT2D eigenvalue weighted by atomic mass is 35.5. The fourth-order valence-electron chi connectivity index (χ4n) is 3.40. The van der Waals surface area contributed by atoms with Gasteiger partial charge in [-0.3, -0.25) is 9.59 Å². The van der Waals surface area contributed by atoms with Crippen LogP contribution in [0, 0.1) is 0 Å². The summed E-state index contributed by atoms with van der Waals surface area (Å²) in [4.78, 5) is 26.0. The summed E-state index contributed by atoms with van der Waals surface area (Å²) in [6, 6.07) is 24.0. The zero-order valence-corrected chi connectivity index (χ0v) is 16.6. The maximum absolute atomic E-state index is 13.2. The average molecular weight is 403 g/mol. The third kappa shape index (κ3) is 3.80. The molecule has 4 rings (SSSR count). The number of rotatable bonds is 5. The van der Waals surface area contributed by atoms with Gasteiger partial charge in [0, 0.05) is 22.3 Å². The second kappa shape index (κ2) is 7.94. The van der Waals surface area contributed by atoms with Gasteiger partial charge in [-0.15, -0.1) is 0 Å². The van der Waals surface area contributed by atoms with Crippen molar-refractivity contribution in [1.29, 1.82) is 0 Å². The predicted molar refractivity (Wildman–Crippen MR) is 115 cm³/mol. The number of halogens is 1. The number of carbonyl (C=O) groups is 2. The van der Waals surface area contributed by atoms with Crippen LogP contribution in [0.3, 0.4) is 0 Å². The molecule has 0 fully saturated rings. The molecule has 0 aliphatic heterocycles. The summed E-state index contributed by atoms with van der Waals surface area (Å²) in [6.45, 7) is 1.86. The maximum atomic E-state index is 13.2. The van der Waals surface area contributed by atoms with Crippen molar-refractivity contribution in [3.8, 4) is 11.1 Å². The minimum atomic E-state index is -0.639. The van der Waals surface area contributed by atoms with E-state index >= 15 is 0 Å². The molecule has 2 heterocycles. The molecular formula is C24H19ClN2O2. The van der Waals surface area contributed by atoms with Crippen molar-refractivity contribution in [3.63, 3.8) is 0 Å². The molecule has 1 amide bonds. The summed E-state index contributed by atoms with van der Waals surface area (Å²) >= 11 is 6.01. The van der Waals surface area contributed by atoms with Crippen LogP contribution in [0.1, 0.15) is 29.0 Å². The van der Waals surface area contributed by atoms with Gasteiger partial charge in [0.2, 0.25) is 0 Å². The lowest BCUT2D eigenvalue weighted by atomic mass is 10.0. The fourth-order valence-corrected chi connectivity index (χ4v) is 3.53. The highest BCUT2D eigenvalue weighted by Crippen LogP contribution is 2.29. The topological polar surface area (TPSA) is 50.6 Å². The quantitative estimate of drug-likeness (QED) is 0.363. The minimum Gasteiger partial charge on any atom is -0.343 e. The van der Waals surface area contributed by atoms with E-state index in [2.05, 4.69) is 5.32 Å². The summed E-state index contributed by atoms with van der Waals surface area (Å²) in [6.07, 6.45) is 1.79. The number of Topliss-reactive ketones (excluding diaryl/α,β-unsaturated/α-hetero) is 1. The van der Waals surface area contributed by atoms with Gasteiger partial charge in [-0.25, -0.2) is 0 Å². The minimum absolute atomic E-state index is 0.280. The SMILES string of the molecule is C[C@@H](NC(=O)C(=O)c1c(-c2ccc(Cl)cc2)cc2ccccn12)c1ccccc1. The predicted octanol–water partition coefficient (Wildman–Crippen LogP) is 5.32. The summed E-state index contributed by atoms with van der Waals surface area (Å²) in [5.74, 6) is -1.22.